The Balaban J connectivity index is 2.34. The summed E-state index contributed by atoms with van der Waals surface area (Å²) >= 11 is 0. The van der Waals surface area contributed by atoms with Crippen LogP contribution < -0.4 is 4.72 Å². The summed E-state index contributed by atoms with van der Waals surface area (Å²) in [6.45, 7) is 1.73. The van der Waals surface area contributed by atoms with Gasteiger partial charge in [-0.15, -0.1) is 0 Å². The van der Waals surface area contributed by atoms with Crippen LogP contribution in [0.5, 0.6) is 0 Å². The van der Waals surface area contributed by atoms with E-state index in [0.29, 0.717) is 5.69 Å². The van der Waals surface area contributed by atoms with Gasteiger partial charge in [0.2, 0.25) is 0 Å². The molecule has 19 heavy (non-hydrogen) atoms. The highest BCUT2D eigenvalue weighted by atomic mass is 32.2. The summed E-state index contributed by atoms with van der Waals surface area (Å²) in [5.41, 5.74) is 0.593. The molecule has 0 saturated heterocycles. The first-order chi connectivity index (χ1) is 8.79. The van der Waals surface area contributed by atoms with Gasteiger partial charge in [0.15, 0.2) is 5.82 Å². The molecule has 0 spiro atoms. The number of carboxylic acid groups (broad SMARTS) is 1. The number of hydrogen-bond donors (Lipinski definition) is 3. The Morgan fingerprint density at radius 2 is 2.16 bits per heavy atom. The topological polar surface area (TPSA) is 117 Å². The van der Waals surface area contributed by atoms with E-state index in [1.807, 2.05) is 0 Å². The summed E-state index contributed by atoms with van der Waals surface area (Å²) in [4.78, 5) is 10.7. The van der Waals surface area contributed by atoms with E-state index in [-0.39, 0.29) is 16.4 Å². The molecule has 2 aromatic heterocycles. The maximum absolute atomic E-state index is 12.0. The van der Waals surface area contributed by atoms with E-state index in [0.717, 1.165) is 6.07 Å². The van der Waals surface area contributed by atoms with Crippen LogP contribution >= 0.6 is 0 Å². The summed E-state index contributed by atoms with van der Waals surface area (Å²) in [7, 11) is -2.39. The highest BCUT2D eigenvalue weighted by Gasteiger charge is 2.21. The fourth-order valence-corrected chi connectivity index (χ4v) is 2.62. The molecule has 0 amide bonds. The van der Waals surface area contributed by atoms with Crippen LogP contribution in [0.25, 0.3) is 0 Å². The minimum absolute atomic E-state index is 0.112. The van der Waals surface area contributed by atoms with E-state index < -0.39 is 16.0 Å². The van der Waals surface area contributed by atoms with Gasteiger partial charge in [-0.3, -0.25) is 9.82 Å². The van der Waals surface area contributed by atoms with Gasteiger partial charge in [0.05, 0.1) is 0 Å². The van der Waals surface area contributed by atoms with E-state index in [4.69, 9.17) is 5.11 Å². The Bertz CT molecular complexity index is 729. The predicted octanol–water partition coefficient (Wildman–Crippen LogP) is 0.556. The van der Waals surface area contributed by atoms with Gasteiger partial charge in [-0.1, -0.05) is 0 Å². The molecule has 3 N–H and O–H groups in total. The third-order valence-electron chi connectivity index (χ3n) is 2.45. The zero-order valence-electron chi connectivity index (χ0n) is 10.2. The van der Waals surface area contributed by atoms with Crippen molar-refractivity contribution in [2.75, 3.05) is 4.72 Å². The van der Waals surface area contributed by atoms with E-state index in [9.17, 15) is 13.2 Å². The van der Waals surface area contributed by atoms with Gasteiger partial charge in [0.25, 0.3) is 10.0 Å². The third-order valence-corrected chi connectivity index (χ3v) is 3.78. The number of aromatic amines is 1. The lowest BCUT2D eigenvalue weighted by Gasteiger charge is -2.01. The van der Waals surface area contributed by atoms with Crippen LogP contribution in [0.2, 0.25) is 0 Å². The van der Waals surface area contributed by atoms with E-state index in [1.54, 1.807) is 6.92 Å². The molecule has 0 fully saturated rings. The number of H-pyrrole nitrogens is 1. The predicted molar refractivity (Wildman–Crippen MR) is 66.5 cm³/mol. The maximum Gasteiger partial charge on any atom is 0.352 e. The minimum atomic E-state index is -3.85. The summed E-state index contributed by atoms with van der Waals surface area (Å²) in [6.07, 6.45) is 1.23. The largest absolute Gasteiger partial charge is 0.477 e. The number of nitrogens with one attached hydrogen (secondary N) is 2. The molecule has 2 rings (SSSR count). The van der Waals surface area contributed by atoms with Crippen molar-refractivity contribution in [3.8, 4) is 0 Å². The van der Waals surface area contributed by atoms with Crippen molar-refractivity contribution in [3.63, 3.8) is 0 Å². The maximum atomic E-state index is 12.0. The second kappa shape index (κ2) is 4.43. The molecule has 0 aliphatic rings. The number of nitrogens with zero attached hydrogens (tertiary/aromatic N) is 2. The van der Waals surface area contributed by atoms with Crippen LogP contribution in [0, 0.1) is 6.92 Å². The fraction of sp³-hybridized carbons (Fsp3) is 0.200. The molecule has 0 radical (unpaired) electrons. The Labute approximate surface area is 109 Å². The number of aryl methyl sites for hydroxylation is 2. The number of aromatic nitrogens is 3. The number of anilines is 1. The second-order valence-corrected chi connectivity index (χ2v) is 5.70. The number of hydrogen-bond acceptors (Lipinski definition) is 4. The monoisotopic (exact) mass is 284 g/mol. The molecule has 2 heterocycles. The molecular weight excluding hydrogens is 272 g/mol. The van der Waals surface area contributed by atoms with Gasteiger partial charge in [0.1, 0.15) is 10.6 Å². The first-order valence-electron chi connectivity index (χ1n) is 5.24. The number of rotatable bonds is 4. The number of carboxylic acids is 1. The third kappa shape index (κ3) is 2.60. The number of aromatic carboxylic acids is 1. The highest BCUT2D eigenvalue weighted by Crippen LogP contribution is 2.17. The molecule has 2 aromatic rings. The second-order valence-electron chi connectivity index (χ2n) is 4.02. The first kappa shape index (κ1) is 13.1. The van der Waals surface area contributed by atoms with Gasteiger partial charge >= 0.3 is 5.97 Å². The van der Waals surface area contributed by atoms with Crippen LogP contribution in [0.4, 0.5) is 5.82 Å². The quantitative estimate of drug-likeness (QED) is 0.758. The van der Waals surface area contributed by atoms with Crippen molar-refractivity contribution < 1.29 is 18.3 Å². The lowest BCUT2D eigenvalue weighted by molar-refractivity contribution is 0.0686. The lowest BCUT2D eigenvalue weighted by atomic mass is 10.4. The van der Waals surface area contributed by atoms with Crippen molar-refractivity contribution in [1.29, 1.82) is 0 Å². The van der Waals surface area contributed by atoms with E-state index >= 15 is 0 Å². The average molecular weight is 284 g/mol. The van der Waals surface area contributed by atoms with Crippen molar-refractivity contribution in [3.05, 3.63) is 29.7 Å². The molecule has 102 valence electrons. The molecule has 8 nitrogen and oxygen atoms in total. The van der Waals surface area contributed by atoms with Gasteiger partial charge in [-0.2, -0.15) is 5.10 Å². The molecule has 0 aliphatic heterocycles. The van der Waals surface area contributed by atoms with Crippen molar-refractivity contribution in [2.24, 2.45) is 7.05 Å². The molecule has 0 unspecified atom stereocenters. The van der Waals surface area contributed by atoms with Gasteiger partial charge in [0, 0.05) is 25.0 Å². The molecule has 0 atom stereocenters. The van der Waals surface area contributed by atoms with E-state index in [2.05, 4.69) is 14.9 Å². The summed E-state index contributed by atoms with van der Waals surface area (Å²) in [5, 5.41) is 15.2. The van der Waals surface area contributed by atoms with Crippen LogP contribution in [-0.2, 0) is 17.1 Å². The first-order valence-corrected chi connectivity index (χ1v) is 6.72. The summed E-state index contributed by atoms with van der Waals surface area (Å²) in [6, 6.07) is 2.61. The molecule has 0 aromatic carbocycles. The Morgan fingerprint density at radius 3 is 2.63 bits per heavy atom. The highest BCUT2D eigenvalue weighted by molar-refractivity contribution is 7.92. The van der Waals surface area contributed by atoms with Crippen LogP contribution in [0.3, 0.4) is 0 Å². The number of sulfonamides is 1. The van der Waals surface area contributed by atoms with E-state index in [1.165, 1.54) is 23.9 Å². The van der Waals surface area contributed by atoms with Crippen molar-refractivity contribution in [2.45, 2.75) is 11.8 Å². The number of carbonyl (C=O) groups is 1. The normalized spacial score (nSPS) is 11.5. The smallest absolute Gasteiger partial charge is 0.352 e. The van der Waals surface area contributed by atoms with Gasteiger partial charge in [-0.25, -0.2) is 13.2 Å². The van der Waals surface area contributed by atoms with Crippen LogP contribution in [0.1, 0.15) is 16.2 Å². The minimum Gasteiger partial charge on any atom is -0.477 e. The summed E-state index contributed by atoms with van der Waals surface area (Å²) in [5.74, 6) is -1.04. The zero-order chi connectivity index (χ0) is 14.2. The van der Waals surface area contributed by atoms with Crippen LogP contribution in [-0.4, -0.2) is 34.3 Å². The Morgan fingerprint density at radius 1 is 1.47 bits per heavy atom. The molecular formula is C10H12N4O4S. The average Bonchev–Trinajstić information content (AvgIpc) is 2.84. The fourth-order valence-electron chi connectivity index (χ4n) is 1.56. The van der Waals surface area contributed by atoms with Crippen molar-refractivity contribution in [1.82, 2.24) is 14.8 Å². The Kier molecular flexibility index (Phi) is 3.06. The van der Waals surface area contributed by atoms with Crippen molar-refractivity contribution >= 4 is 21.8 Å². The summed E-state index contributed by atoms with van der Waals surface area (Å²) < 4.78 is 27.5. The molecule has 0 saturated carbocycles. The Hall–Kier alpha value is -2.29. The molecule has 9 heteroatoms. The SMILES string of the molecule is Cc1cc(NS(=O)(=O)c2cc(C(=O)O)n(C)c2)n[nH]1. The van der Waals surface area contributed by atoms with Gasteiger partial charge < -0.3 is 9.67 Å². The molecule has 0 bridgehead atoms. The van der Waals surface area contributed by atoms with Crippen LogP contribution in [0.15, 0.2) is 23.2 Å². The lowest BCUT2D eigenvalue weighted by Crippen LogP contribution is -2.12. The van der Waals surface area contributed by atoms with Gasteiger partial charge in [-0.05, 0) is 13.0 Å². The molecule has 0 aliphatic carbocycles. The standard InChI is InChI=1S/C10H12N4O4S/c1-6-3-9(12-11-6)13-19(17,18)7-4-8(10(15)16)14(2)5-7/h3-5H,1-2H3,(H,15,16)(H2,11,12,13). The zero-order valence-corrected chi connectivity index (χ0v) is 11.0.